The first-order valence-corrected chi connectivity index (χ1v) is 10.2. The van der Waals surface area contributed by atoms with Gasteiger partial charge in [-0.05, 0) is 30.3 Å². The number of aliphatic hydroxyl groups excluding tert-OH is 1. The summed E-state index contributed by atoms with van der Waals surface area (Å²) in [6.45, 7) is 0.280. The van der Waals surface area contributed by atoms with Gasteiger partial charge in [-0.2, -0.15) is 5.26 Å². The lowest BCUT2D eigenvalue weighted by atomic mass is 10.1. The van der Waals surface area contributed by atoms with Gasteiger partial charge in [-0.1, -0.05) is 0 Å². The summed E-state index contributed by atoms with van der Waals surface area (Å²) in [4.78, 5) is 30.8. The lowest BCUT2D eigenvalue weighted by Gasteiger charge is -2.32. The number of nitrogens with one attached hydrogen (secondary N) is 2. The Morgan fingerprint density at radius 1 is 1.32 bits per heavy atom. The number of pyridine rings is 1. The van der Waals surface area contributed by atoms with Crippen molar-refractivity contribution in [2.24, 2.45) is 5.73 Å². The summed E-state index contributed by atoms with van der Waals surface area (Å²) in [6.07, 6.45) is -0.0738. The van der Waals surface area contributed by atoms with Gasteiger partial charge in [0.15, 0.2) is 18.0 Å². The number of aliphatic hydroxyl groups is 1. The molecule has 0 aliphatic carbocycles. The maximum absolute atomic E-state index is 13.0. The number of amides is 2. The summed E-state index contributed by atoms with van der Waals surface area (Å²) in [5, 5.41) is 33.8. The monoisotopic (exact) mass is 460 g/mol. The third-order valence-corrected chi connectivity index (χ3v) is 5.11. The molecule has 0 radical (unpaired) electrons. The fourth-order valence-electron chi connectivity index (χ4n) is 3.37. The van der Waals surface area contributed by atoms with Crippen LogP contribution in [0.15, 0.2) is 54.9 Å². The number of nitrogens with two attached hydrogens (primary N) is 1. The van der Waals surface area contributed by atoms with E-state index in [2.05, 4.69) is 15.4 Å². The van der Waals surface area contributed by atoms with Crippen LogP contribution in [0.25, 0.3) is 5.69 Å². The first-order valence-electron chi connectivity index (χ1n) is 10.2. The highest BCUT2D eigenvalue weighted by Gasteiger charge is 2.40. The summed E-state index contributed by atoms with van der Waals surface area (Å²) < 4.78 is 6.90. The predicted molar refractivity (Wildman–Crippen MR) is 120 cm³/mol. The number of morpholine rings is 1. The lowest BCUT2D eigenvalue weighted by Crippen LogP contribution is -2.55. The molecule has 34 heavy (non-hydrogen) atoms. The van der Waals surface area contributed by atoms with Gasteiger partial charge in [0, 0.05) is 35.8 Å². The quantitative estimate of drug-likeness (QED) is 0.296. The Kier molecular flexibility index (Phi) is 6.30. The Hall–Kier alpha value is -4.60. The number of ether oxygens (including phenoxy) is 1. The summed E-state index contributed by atoms with van der Waals surface area (Å²) >= 11 is 0. The number of benzene rings is 1. The largest absolute Gasteiger partial charge is 0.384 e. The minimum atomic E-state index is -1.76. The molecule has 4 rings (SSSR count). The van der Waals surface area contributed by atoms with E-state index in [1.165, 1.54) is 27.9 Å². The Labute approximate surface area is 193 Å². The van der Waals surface area contributed by atoms with Gasteiger partial charge in [-0.3, -0.25) is 19.9 Å². The molecular formula is C22H20N8O4. The van der Waals surface area contributed by atoms with Gasteiger partial charge < -0.3 is 20.9 Å². The third-order valence-electron chi connectivity index (χ3n) is 5.11. The Bertz CT molecular complexity index is 1280. The highest BCUT2D eigenvalue weighted by molar-refractivity contribution is 6.03. The van der Waals surface area contributed by atoms with Crippen molar-refractivity contribution in [2.75, 3.05) is 23.4 Å². The smallest absolute Gasteiger partial charge is 0.260 e. The number of hydrogen-bond donors (Lipinski definition) is 4. The Morgan fingerprint density at radius 2 is 2.09 bits per heavy atom. The van der Waals surface area contributed by atoms with Crippen LogP contribution < -0.4 is 16.0 Å². The standard InChI is InChI=1S/C22H20N8O4/c23-12-15-11-16(5-7-26-15)30-8-6-17(28-30)29-9-10-34-19(22(29)33)18(31)21(32)27-14-3-1-13(2-4-14)20(24)25/h1-8,11,18-19,31H,9-10H2,(H3,24,25)(H,27,32). The van der Waals surface area contributed by atoms with Gasteiger partial charge in [0.1, 0.15) is 17.6 Å². The maximum Gasteiger partial charge on any atom is 0.260 e. The first kappa shape index (κ1) is 22.6. The van der Waals surface area contributed by atoms with E-state index < -0.39 is 24.0 Å². The number of amidine groups is 1. The maximum atomic E-state index is 13.0. The van der Waals surface area contributed by atoms with E-state index in [1.54, 1.807) is 36.5 Å². The van der Waals surface area contributed by atoms with Crippen LogP contribution in [-0.2, 0) is 14.3 Å². The van der Waals surface area contributed by atoms with E-state index in [4.69, 9.17) is 21.1 Å². The predicted octanol–water partition coefficient (Wildman–Crippen LogP) is 0.154. The van der Waals surface area contributed by atoms with E-state index in [1.807, 2.05) is 6.07 Å². The Morgan fingerprint density at radius 3 is 2.79 bits per heavy atom. The van der Waals surface area contributed by atoms with Gasteiger partial charge in [0.05, 0.1) is 18.8 Å². The molecule has 3 heterocycles. The minimum Gasteiger partial charge on any atom is -0.384 e. The highest BCUT2D eigenvalue weighted by Crippen LogP contribution is 2.21. The molecule has 0 bridgehead atoms. The van der Waals surface area contributed by atoms with Crippen LogP contribution in [0, 0.1) is 16.7 Å². The molecule has 1 aliphatic rings. The second-order valence-corrected chi connectivity index (χ2v) is 7.34. The van der Waals surface area contributed by atoms with Crippen LogP contribution in [0.4, 0.5) is 11.5 Å². The minimum absolute atomic E-state index is 0.0920. The normalized spacial score (nSPS) is 16.5. The zero-order chi connectivity index (χ0) is 24.2. The molecule has 0 spiro atoms. The average molecular weight is 460 g/mol. The van der Waals surface area contributed by atoms with E-state index in [0.717, 1.165) is 0 Å². The van der Waals surface area contributed by atoms with Crippen molar-refractivity contribution in [1.29, 1.82) is 10.7 Å². The number of aromatic nitrogens is 3. The van der Waals surface area contributed by atoms with Crippen LogP contribution in [0.3, 0.4) is 0 Å². The molecule has 5 N–H and O–H groups in total. The lowest BCUT2D eigenvalue weighted by molar-refractivity contribution is -0.150. The third kappa shape index (κ3) is 4.60. The number of carbonyl (C=O) groups is 2. The average Bonchev–Trinajstić information content (AvgIpc) is 3.34. The van der Waals surface area contributed by atoms with Crippen molar-refractivity contribution in [3.8, 4) is 11.8 Å². The molecule has 3 aromatic rings. The first-order chi connectivity index (χ1) is 16.4. The second-order valence-electron chi connectivity index (χ2n) is 7.34. The SMILES string of the molecule is N#Cc1cc(-n2ccc(N3CCOC(C(O)C(=O)Nc4ccc(C(=N)N)cc4)C3=O)n2)ccn1. The molecule has 1 fully saturated rings. The number of nitrogens with zero attached hydrogens (tertiary/aromatic N) is 5. The highest BCUT2D eigenvalue weighted by atomic mass is 16.5. The van der Waals surface area contributed by atoms with Gasteiger partial charge in [0.25, 0.3) is 11.8 Å². The molecule has 2 unspecified atom stereocenters. The van der Waals surface area contributed by atoms with Crippen LogP contribution >= 0.6 is 0 Å². The van der Waals surface area contributed by atoms with E-state index in [9.17, 15) is 14.7 Å². The summed E-state index contributed by atoms with van der Waals surface area (Å²) in [6, 6.07) is 12.9. The molecule has 172 valence electrons. The molecule has 0 saturated carbocycles. The summed E-state index contributed by atoms with van der Waals surface area (Å²) in [5.74, 6) is -1.24. The van der Waals surface area contributed by atoms with Gasteiger partial charge >= 0.3 is 0 Å². The number of anilines is 2. The number of carbonyl (C=O) groups excluding carboxylic acids is 2. The molecule has 2 atom stereocenters. The van der Waals surface area contributed by atoms with Crippen molar-refractivity contribution >= 4 is 29.2 Å². The van der Waals surface area contributed by atoms with E-state index in [-0.39, 0.29) is 24.7 Å². The number of nitriles is 1. The zero-order valence-corrected chi connectivity index (χ0v) is 17.8. The number of nitrogen functional groups attached to an aromatic ring is 1. The molecule has 12 heteroatoms. The number of rotatable bonds is 6. The summed E-state index contributed by atoms with van der Waals surface area (Å²) in [7, 11) is 0. The van der Waals surface area contributed by atoms with Crippen molar-refractivity contribution in [3.63, 3.8) is 0 Å². The molecule has 2 amide bonds. The second kappa shape index (κ2) is 9.49. The molecular weight excluding hydrogens is 440 g/mol. The van der Waals surface area contributed by atoms with Crippen molar-refractivity contribution in [2.45, 2.75) is 12.2 Å². The molecule has 1 aromatic carbocycles. The van der Waals surface area contributed by atoms with Crippen LogP contribution in [-0.4, -0.2) is 62.9 Å². The van der Waals surface area contributed by atoms with Crippen molar-refractivity contribution in [1.82, 2.24) is 14.8 Å². The molecule has 1 aliphatic heterocycles. The molecule has 12 nitrogen and oxygen atoms in total. The zero-order valence-electron chi connectivity index (χ0n) is 17.8. The van der Waals surface area contributed by atoms with Gasteiger partial charge in [0.2, 0.25) is 0 Å². The summed E-state index contributed by atoms with van der Waals surface area (Å²) in [5.41, 5.74) is 7.07. The van der Waals surface area contributed by atoms with Crippen molar-refractivity contribution < 1.29 is 19.4 Å². The molecule has 1 saturated heterocycles. The number of hydrogen-bond acceptors (Lipinski definition) is 8. The fraction of sp³-hybridized carbons (Fsp3) is 0.182. The van der Waals surface area contributed by atoms with Gasteiger partial charge in [-0.15, -0.1) is 5.10 Å². The van der Waals surface area contributed by atoms with Crippen LogP contribution in [0.2, 0.25) is 0 Å². The Balaban J connectivity index is 1.46. The van der Waals surface area contributed by atoms with Crippen LogP contribution in [0.1, 0.15) is 11.3 Å². The van der Waals surface area contributed by atoms with Gasteiger partial charge in [-0.25, -0.2) is 9.67 Å². The van der Waals surface area contributed by atoms with E-state index >= 15 is 0 Å². The molecule has 2 aromatic heterocycles. The van der Waals surface area contributed by atoms with E-state index in [0.29, 0.717) is 22.8 Å². The fourth-order valence-corrected chi connectivity index (χ4v) is 3.37. The van der Waals surface area contributed by atoms with Crippen LogP contribution in [0.5, 0.6) is 0 Å². The topological polar surface area (TPSA) is 183 Å². The van der Waals surface area contributed by atoms with Crippen molar-refractivity contribution in [3.05, 3.63) is 66.1 Å².